The maximum Gasteiger partial charge on any atom is 0.234 e. The Bertz CT molecular complexity index is 1200. The molecule has 0 spiro atoms. The molecule has 6 nitrogen and oxygen atoms in total. The first-order valence-electron chi connectivity index (χ1n) is 10.6. The van der Waals surface area contributed by atoms with Crippen molar-refractivity contribution < 1.29 is 4.79 Å². The second kappa shape index (κ2) is 9.06. The van der Waals surface area contributed by atoms with Gasteiger partial charge in [0.25, 0.3) is 0 Å². The number of hydrogen-bond acceptors (Lipinski definition) is 5. The van der Waals surface area contributed by atoms with Crippen molar-refractivity contribution in [1.29, 1.82) is 0 Å². The highest BCUT2D eigenvalue weighted by Gasteiger charge is 2.23. The van der Waals surface area contributed by atoms with E-state index in [9.17, 15) is 4.79 Å². The maximum atomic E-state index is 12.9. The number of nitrogens with one attached hydrogen (secondary N) is 1. The summed E-state index contributed by atoms with van der Waals surface area (Å²) in [5, 5.41) is 13.2. The molecule has 160 valence electrons. The van der Waals surface area contributed by atoms with Crippen LogP contribution in [0.1, 0.15) is 51.8 Å². The van der Waals surface area contributed by atoms with Crippen LogP contribution in [-0.2, 0) is 4.79 Å². The predicted molar refractivity (Wildman–Crippen MR) is 126 cm³/mol. The Morgan fingerprint density at radius 1 is 1.03 bits per heavy atom. The van der Waals surface area contributed by atoms with E-state index >= 15 is 0 Å². The molecule has 2 atom stereocenters. The summed E-state index contributed by atoms with van der Waals surface area (Å²) >= 11 is 1.37. The summed E-state index contributed by atoms with van der Waals surface area (Å²) in [6, 6.07) is 18.3. The molecule has 2 heterocycles. The molecule has 31 heavy (non-hydrogen) atoms. The second-order valence-electron chi connectivity index (χ2n) is 7.90. The lowest BCUT2D eigenvalue weighted by atomic mass is 10.1. The zero-order valence-corrected chi connectivity index (χ0v) is 19.1. The van der Waals surface area contributed by atoms with Crippen molar-refractivity contribution in [2.45, 2.75) is 56.6 Å². The normalized spacial score (nSPS) is 13.6. The molecule has 0 saturated heterocycles. The average molecular weight is 434 g/mol. The molecule has 0 radical (unpaired) electrons. The molecule has 0 saturated carbocycles. The fourth-order valence-corrected chi connectivity index (χ4v) is 4.62. The SMILES string of the molecule is CC[C@H](Sc1nnc2c3ccccc3n(C(C)C)c2n1)C(=O)N[C@H](C)c1ccccc1. The van der Waals surface area contributed by atoms with Crippen molar-refractivity contribution in [3.63, 3.8) is 0 Å². The van der Waals surface area contributed by atoms with E-state index in [-0.39, 0.29) is 23.2 Å². The number of benzene rings is 2. The highest BCUT2D eigenvalue weighted by atomic mass is 32.2. The molecule has 0 aliphatic carbocycles. The molecular weight excluding hydrogens is 406 g/mol. The Labute approximate surface area is 186 Å². The molecule has 0 bridgehead atoms. The quantitative estimate of drug-likeness (QED) is 0.400. The van der Waals surface area contributed by atoms with Gasteiger partial charge in [-0.25, -0.2) is 4.98 Å². The van der Waals surface area contributed by atoms with Crippen molar-refractivity contribution in [2.24, 2.45) is 0 Å². The minimum Gasteiger partial charge on any atom is -0.349 e. The molecular formula is C24H27N5OS. The summed E-state index contributed by atoms with van der Waals surface area (Å²) in [7, 11) is 0. The van der Waals surface area contributed by atoms with Gasteiger partial charge in [-0.3, -0.25) is 4.79 Å². The van der Waals surface area contributed by atoms with Gasteiger partial charge in [0.05, 0.1) is 16.8 Å². The number of nitrogens with zero attached hydrogens (tertiary/aromatic N) is 4. The fourth-order valence-electron chi connectivity index (χ4n) is 3.80. The highest BCUT2D eigenvalue weighted by Crippen LogP contribution is 2.31. The second-order valence-corrected chi connectivity index (χ2v) is 9.07. The topological polar surface area (TPSA) is 72.7 Å². The van der Waals surface area contributed by atoms with Gasteiger partial charge in [-0.05, 0) is 38.8 Å². The van der Waals surface area contributed by atoms with Crippen LogP contribution < -0.4 is 5.32 Å². The van der Waals surface area contributed by atoms with Crippen LogP contribution in [0.15, 0.2) is 59.8 Å². The smallest absolute Gasteiger partial charge is 0.234 e. The zero-order valence-electron chi connectivity index (χ0n) is 18.2. The lowest BCUT2D eigenvalue weighted by molar-refractivity contribution is -0.121. The summed E-state index contributed by atoms with van der Waals surface area (Å²) in [6.07, 6.45) is 0.673. The van der Waals surface area contributed by atoms with Crippen LogP contribution in [0.4, 0.5) is 0 Å². The van der Waals surface area contributed by atoms with Crippen LogP contribution in [0.2, 0.25) is 0 Å². The van der Waals surface area contributed by atoms with Crippen molar-refractivity contribution in [1.82, 2.24) is 25.1 Å². The number of fused-ring (bicyclic) bond motifs is 3. The van der Waals surface area contributed by atoms with Gasteiger partial charge >= 0.3 is 0 Å². The number of carbonyl (C=O) groups is 1. The molecule has 2 aromatic heterocycles. The van der Waals surface area contributed by atoms with Gasteiger partial charge in [0, 0.05) is 11.4 Å². The highest BCUT2D eigenvalue weighted by molar-refractivity contribution is 8.00. The Kier molecular flexibility index (Phi) is 6.23. The van der Waals surface area contributed by atoms with Gasteiger partial charge in [0.15, 0.2) is 5.65 Å². The fraction of sp³-hybridized carbons (Fsp3) is 0.333. The van der Waals surface area contributed by atoms with E-state index in [1.165, 1.54) is 11.8 Å². The lowest BCUT2D eigenvalue weighted by Gasteiger charge is -2.19. The molecule has 1 amide bonds. The van der Waals surface area contributed by atoms with Gasteiger partial charge in [0.1, 0.15) is 5.52 Å². The van der Waals surface area contributed by atoms with E-state index in [1.807, 2.05) is 62.4 Å². The van der Waals surface area contributed by atoms with Gasteiger partial charge in [-0.1, -0.05) is 67.2 Å². The van der Waals surface area contributed by atoms with E-state index in [0.717, 1.165) is 27.6 Å². The first kappa shape index (κ1) is 21.3. The molecule has 0 unspecified atom stereocenters. The van der Waals surface area contributed by atoms with E-state index in [0.29, 0.717) is 11.6 Å². The Morgan fingerprint density at radius 2 is 1.74 bits per heavy atom. The third-order valence-corrected chi connectivity index (χ3v) is 6.60. The average Bonchev–Trinajstić information content (AvgIpc) is 3.11. The molecule has 7 heteroatoms. The third-order valence-electron chi connectivity index (χ3n) is 5.38. The first-order chi connectivity index (χ1) is 15.0. The van der Waals surface area contributed by atoms with E-state index in [2.05, 4.69) is 40.0 Å². The Hall–Kier alpha value is -2.93. The first-order valence-corrected chi connectivity index (χ1v) is 11.5. The van der Waals surface area contributed by atoms with Crippen LogP contribution in [0, 0.1) is 0 Å². The number of amides is 1. The predicted octanol–water partition coefficient (Wildman–Crippen LogP) is 5.31. The summed E-state index contributed by atoms with van der Waals surface area (Å²) < 4.78 is 2.18. The summed E-state index contributed by atoms with van der Waals surface area (Å²) in [5.74, 6) is -0.0167. The zero-order chi connectivity index (χ0) is 22.0. The maximum absolute atomic E-state index is 12.9. The number of carbonyl (C=O) groups excluding carboxylic acids is 1. The van der Waals surface area contributed by atoms with Gasteiger partial charge < -0.3 is 9.88 Å². The lowest BCUT2D eigenvalue weighted by Crippen LogP contribution is -2.34. The van der Waals surface area contributed by atoms with Crippen molar-refractivity contribution in [3.05, 3.63) is 60.2 Å². The molecule has 0 aliphatic heterocycles. The van der Waals surface area contributed by atoms with E-state index < -0.39 is 0 Å². The van der Waals surface area contributed by atoms with Crippen LogP contribution in [0.5, 0.6) is 0 Å². The number of hydrogen-bond donors (Lipinski definition) is 1. The summed E-state index contributed by atoms with van der Waals surface area (Å²) in [4.78, 5) is 17.7. The van der Waals surface area contributed by atoms with Crippen molar-refractivity contribution >= 4 is 39.7 Å². The molecule has 0 aliphatic rings. The largest absolute Gasteiger partial charge is 0.349 e. The van der Waals surface area contributed by atoms with E-state index in [1.54, 1.807) is 0 Å². The van der Waals surface area contributed by atoms with Gasteiger partial charge in [-0.2, -0.15) is 0 Å². The summed E-state index contributed by atoms with van der Waals surface area (Å²) in [6.45, 7) is 8.26. The molecule has 1 N–H and O–H groups in total. The monoisotopic (exact) mass is 433 g/mol. The minimum absolute atomic E-state index is 0.0167. The number of para-hydroxylation sites is 1. The molecule has 2 aromatic carbocycles. The minimum atomic E-state index is -0.290. The number of rotatable bonds is 7. The number of aromatic nitrogens is 4. The molecule has 0 fully saturated rings. The van der Waals surface area contributed by atoms with Gasteiger partial charge in [0.2, 0.25) is 11.1 Å². The molecule has 4 rings (SSSR count). The van der Waals surface area contributed by atoms with Crippen molar-refractivity contribution in [2.75, 3.05) is 0 Å². The van der Waals surface area contributed by atoms with Crippen LogP contribution >= 0.6 is 11.8 Å². The third kappa shape index (κ3) is 4.28. The van der Waals surface area contributed by atoms with E-state index in [4.69, 9.17) is 4.98 Å². The Morgan fingerprint density at radius 3 is 2.45 bits per heavy atom. The van der Waals surface area contributed by atoms with Crippen LogP contribution in [-0.4, -0.2) is 30.9 Å². The standard InChI is InChI=1S/C24H27N5OS/c1-5-20(23(30)25-16(4)17-11-7-6-8-12-17)31-24-26-22-21(27-28-24)18-13-9-10-14-19(18)29(22)15(2)3/h6-16,20H,5H2,1-4H3,(H,25,30)/t16-,20+/m1/s1. The van der Waals surface area contributed by atoms with Crippen molar-refractivity contribution in [3.8, 4) is 0 Å². The van der Waals surface area contributed by atoms with Gasteiger partial charge in [-0.15, -0.1) is 10.2 Å². The molecule has 4 aromatic rings. The summed E-state index contributed by atoms with van der Waals surface area (Å²) in [5.41, 5.74) is 3.78. The van der Waals surface area contributed by atoms with Crippen LogP contribution in [0.3, 0.4) is 0 Å². The Balaban J connectivity index is 1.60. The van der Waals surface area contributed by atoms with Crippen LogP contribution in [0.25, 0.3) is 22.1 Å². The number of thioether (sulfide) groups is 1.